The molecule has 2 heterocycles. The molecule has 180 valence electrons. The number of H-pyrrole nitrogens is 1. The number of hydrogen-bond donors (Lipinski definition) is 3. The van der Waals surface area contributed by atoms with Crippen LogP contribution in [0.3, 0.4) is 0 Å². The van der Waals surface area contributed by atoms with E-state index in [1.54, 1.807) is 6.20 Å². The molecule has 1 fully saturated rings. The number of aromatic amines is 1. The van der Waals surface area contributed by atoms with Crippen LogP contribution in [-0.4, -0.2) is 21.8 Å². The first-order chi connectivity index (χ1) is 17.6. The normalized spacial score (nSPS) is 13.2. The summed E-state index contributed by atoms with van der Waals surface area (Å²) in [5.74, 6) is 0.110. The van der Waals surface area contributed by atoms with E-state index in [0.717, 1.165) is 57.1 Å². The van der Waals surface area contributed by atoms with Crippen LogP contribution in [0.5, 0.6) is 0 Å². The van der Waals surface area contributed by atoms with Crippen LogP contribution in [0.2, 0.25) is 0 Å². The second-order valence-corrected chi connectivity index (χ2v) is 10.3. The third-order valence-electron chi connectivity index (χ3n) is 6.68. The number of aryl methyl sites for hydroxylation is 1. The highest BCUT2D eigenvalue weighted by Crippen LogP contribution is 2.34. The minimum absolute atomic E-state index is 0.0658. The molecule has 2 aromatic heterocycles. The molecular weight excluding hydrogens is 468 g/mol. The van der Waals surface area contributed by atoms with Crippen molar-refractivity contribution in [1.29, 1.82) is 0 Å². The summed E-state index contributed by atoms with van der Waals surface area (Å²) in [6.45, 7) is 2.61. The lowest BCUT2D eigenvalue weighted by Gasteiger charge is -2.07. The first-order valence-electron chi connectivity index (χ1n) is 12.3. The molecule has 6 nitrogen and oxygen atoms in total. The van der Waals surface area contributed by atoms with Gasteiger partial charge >= 0.3 is 0 Å². The molecule has 0 spiro atoms. The maximum Gasteiger partial charge on any atom is 0.253 e. The van der Waals surface area contributed by atoms with Crippen molar-refractivity contribution in [2.75, 3.05) is 5.32 Å². The fourth-order valence-electron chi connectivity index (χ4n) is 4.44. The molecule has 2 amide bonds. The van der Waals surface area contributed by atoms with Crippen molar-refractivity contribution in [3.8, 4) is 11.1 Å². The highest BCUT2D eigenvalue weighted by molar-refractivity contribution is 7.22. The number of hydrogen-bond acceptors (Lipinski definition) is 4. The Morgan fingerprint density at radius 3 is 2.67 bits per heavy atom. The minimum atomic E-state index is -0.103. The lowest BCUT2D eigenvalue weighted by atomic mass is 10.0. The van der Waals surface area contributed by atoms with Gasteiger partial charge < -0.3 is 15.6 Å². The van der Waals surface area contributed by atoms with Crippen molar-refractivity contribution in [3.63, 3.8) is 0 Å². The molecule has 36 heavy (non-hydrogen) atoms. The zero-order valence-corrected chi connectivity index (χ0v) is 20.7. The van der Waals surface area contributed by atoms with E-state index in [4.69, 9.17) is 0 Å². The summed E-state index contributed by atoms with van der Waals surface area (Å²) in [6.07, 6.45) is 4.67. The highest BCUT2D eigenvalue weighted by atomic mass is 32.1. The predicted molar refractivity (Wildman–Crippen MR) is 145 cm³/mol. The molecule has 5 aromatic rings. The van der Waals surface area contributed by atoms with Gasteiger partial charge in [0.1, 0.15) is 0 Å². The number of carbonyl (C=O) groups is 2. The van der Waals surface area contributed by atoms with E-state index in [0.29, 0.717) is 17.2 Å². The molecule has 1 aliphatic rings. The predicted octanol–water partition coefficient (Wildman–Crippen LogP) is 6.29. The van der Waals surface area contributed by atoms with E-state index < -0.39 is 0 Å². The highest BCUT2D eigenvalue weighted by Gasteiger charge is 2.30. The molecule has 1 saturated carbocycles. The Balaban J connectivity index is 1.24. The number of rotatable bonds is 7. The van der Waals surface area contributed by atoms with Crippen LogP contribution in [0.1, 0.15) is 41.3 Å². The zero-order valence-electron chi connectivity index (χ0n) is 19.9. The molecule has 0 atom stereocenters. The molecule has 0 radical (unpaired) electrons. The fraction of sp³-hybridized carbons (Fsp3) is 0.207. The van der Waals surface area contributed by atoms with Gasteiger partial charge in [0.15, 0.2) is 5.13 Å². The Hall–Kier alpha value is -3.97. The van der Waals surface area contributed by atoms with Crippen LogP contribution in [0.15, 0.2) is 66.9 Å². The van der Waals surface area contributed by atoms with Crippen molar-refractivity contribution in [1.82, 2.24) is 15.3 Å². The quantitative estimate of drug-likeness (QED) is 0.249. The minimum Gasteiger partial charge on any atom is -0.360 e. The van der Waals surface area contributed by atoms with E-state index in [-0.39, 0.29) is 17.7 Å². The van der Waals surface area contributed by atoms with Gasteiger partial charge in [-0.3, -0.25) is 9.59 Å². The third-order valence-corrected chi connectivity index (χ3v) is 7.61. The summed E-state index contributed by atoms with van der Waals surface area (Å²) in [5.41, 5.74) is 6.82. The first kappa shape index (κ1) is 22.5. The number of carbonyl (C=O) groups excluding carboxylic acids is 2. The monoisotopic (exact) mass is 494 g/mol. The largest absolute Gasteiger partial charge is 0.360 e. The van der Waals surface area contributed by atoms with Gasteiger partial charge in [-0.15, -0.1) is 0 Å². The van der Waals surface area contributed by atoms with Gasteiger partial charge in [-0.25, -0.2) is 4.98 Å². The molecule has 1 aliphatic carbocycles. The summed E-state index contributed by atoms with van der Waals surface area (Å²) < 4.78 is 1.01. The molecule has 7 heteroatoms. The second-order valence-electron chi connectivity index (χ2n) is 9.28. The van der Waals surface area contributed by atoms with E-state index >= 15 is 0 Å². The Morgan fingerprint density at radius 1 is 1.03 bits per heavy atom. The second kappa shape index (κ2) is 9.24. The molecular formula is C29H26N4O2S. The van der Waals surface area contributed by atoms with Crippen molar-refractivity contribution in [3.05, 3.63) is 83.6 Å². The number of aromatic nitrogens is 2. The van der Waals surface area contributed by atoms with Crippen LogP contribution in [0.4, 0.5) is 5.13 Å². The van der Waals surface area contributed by atoms with E-state index in [9.17, 15) is 9.59 Å². The van der Waals surface area contributed by atoms with Crippen LogP contribution in [0.25, 0.3) is 32.2 Å². The summed E-state index contributed by atoms with van der Waals surface area (Å²) in [5, 5.41) is 7.53. The number of nitrogens with one attached hydrogen (secondary N) is 3. The average molecular weight is 495 g/mol. The summed E-state index contributed by atoms with van der Waals surface area (Å²) in [7, 11) is 0. The molecule has 6 rings (SSSR count). The standard InChI is InChI=1S/C29H26N4O2S/c1-2-17-4-3-5-18(12-17)15-31-28(35)23-16-30-24-10-8-20(13-22(23)24)21-9-11-25-26(14-21)36-29(32-25)33-27(34)19-6-7-19/h3-5,8-14,16,19,30H,2,6-7,15H2,1H3,(H,31,35)(H,32,33,34). The third kappa shape index (κ3) is 4.50. The maximum atomic E-state index is 13.0. The van der Waals surface area contributed by atoms with Gasteiger partial charge in [-0.05, 0) is 65.8 Å². The van der Waals surface area contributed by atoms with Gasteiger partial charge in [-0.1, -0.05) is 54.7 Å². The number of anilines is 1. The van der Waals surface area contributed by atoms with Crippen LogP contribution >= 0.6 is 11.3 Å². The molecule has 0 aliphatic heterocycles. The Kier molecular flexibility index (Phi) is 5.77. The SMILES string of the molecule is CCc1cccc(CNC(=O)c2c[nH]c3ccc(-c4ccc5nc(NC(=O)C6CC6)sc5c4)cc23)c1. The van der Waals surface area contributed by atoms with Gasteiger partial charge in [0.25, 0.3) is 5.91 Å². The molecule has 0 unspecified atom stereocenters. The fourth-order valence-corrected chi connectivity index (χ4v) is 5.34. The van der Waals surface area contributed by atoms with Gasteiger partial charge in [0.2, 0.25) is 5.91 Å². The number of benzene rings is 3. The van der Waals surface area contributed by atoms with E-state index in [1.807, 2.05) is 30.3 Å². The lowest BCUT2D eigenvalue weighted by molar-refractivity contribution is -0.117. The smallest absolute Gasteiger partial charge is 0.253 e. The summed E-state index contributed by atoms with van der Waals surface area (Å²) >= 11 is 1.49. The van der Waals surface area contributed by atoms with Crippen molar-refractivity contribution in [2.24, 2.45) is 5.92 Å². The van der Waals surface area contributed by atoms with Gasteiger partial charge in [-0.2, -0.15) is 0 Å². The topological polar surface area (TPSA) is 86.9 Å². The van der Waals surface area contributed by atoms with Crippen LogP contribution in [0, 0.1) is 5.92 Å². The maximum absolute atomic E-state index is 13.0. The van der Waals surface area contributed by atoms with Crippen LogP contribution in [-0.2, 0) is 17.8 Å². The number of thiazole rings is 1. The van der Waals surface area contributed by atoms with Crippen molar-refractivity contribution >= 4 is 49.4 Å². The summed E-state index contributed by atoms with van der Waals surface area (Å²) in [6, 6.07) is 20.5. The Bertz CT molecular complexity index is 1610. The first-order valence-corrected chi connectivity index (χ1v) is 13.1. The molecule has 3 aromatic carbocycles. The Morgan fingerprint density at radius 2 is 1.83 bits per heavy atom. The molecule has 0 saturated heterocycles. The van der Waals surface area contributed by atoms with E-state index in [2.05, 4.69) is 57.9 Å². The summed E-state index contributed by atoms with van der Waals surface area (Å²) in [4.78, 5) is 32.9. The zero-order chi connectivity index (χ0) is 24.6. The number of nitrogens with zero attached hydrogens (tertiary/aromatic N) is 1. The van der Waals surface area contributed by atoms with Gasteiger partial charge in [0, 0.05) is 29.6 Å². The number of fused-ring (bicyclic) bond motifs is 2. The molecule has 0 bridgehead atoms. The number of amides is 2. The lowest BCUT2D eigenvalue weighted by Crippen LogP contribution is -2.22. The van der Waals surface area contributed by atoms with Crippen molar-refractivity contribution in [2.45, 2.75) is 32.7 Å². The van der Waals surface area contributed by atoms with Gasteiger partial charge in [0.05, 0.1) is 15.8 Å². The Labute approximate surface area is 212 Å². The van der Waals surface area contributed by atoms with E-state index in [1.165, 1.54) is 16.9 Å². The average Bonchev–Trinajstić information content (AvgIpc) is 3.55. The molecule has 3 N–H and O–H groups in total. The van der Waals surface area contributed by atoms with Crippen LogP contribution < -0.4 is 10.6 Å². The van der Waals surface area contributed by atoms with Crippen molar-refractivity contribution < 1.29 is 9.59 Å².